The third kappa shape index (κ3) is 5.36. The second kappa shape index (κ2) is 6.17. The van der Waals surface area contributed by atoms with E-state index in [1.807, 2.05) is 0 Å². The van der Waals surface area contributed by atoms with E-state index >= 15 is 0 Å². The van der Waals surface area contributed by atoms with Gasteiger partial charge < -0.3 is 10.2 Å². The highest BCUT2D eigenvalue weighted by Crippen LogP contribution is 2.12. The molecule has 0 amide bonds. The van der Waals surface area contributed by atoms with Gasteiger partial charge in [-0.05, 0) is 54.6 Å². The number of nitrogens with one attached hydrogen (secondary N) is 1. The van der Waals surface area contributed by atoms with Crippen LogP contribution in [0.3, 0.4) is 0 Å². The van der Waals surface area contributed by atoms with Crippen molar-refractivity contribution < 1.29 is 0 Å². The first-order valence-corrected chi connectivity index (χ1v) is 6.99. The van der Waals surface area contributed by atoms with Gasteiger partial charge in [0.25, 0.3) is 0 Å². The minimum absolute atomic E-state index is 0.222. The van der Waals surface area contributed by atoms with Crippen LogP contribution in [-0.2, 0) is 0 Å². The summed E-state index contributed by atoms with van der Waals surface area (Å²) in [4.78, 5) is 5.11. The number of hydrogen-bond acceptors (Lipinski definition) is 3. The fourth-order valence-corrected chi connectivity index (χ4v) is 2.62. The number of nitrogens with zero attached hydrogens (tertiary/aromatic N) is 2. The summed E-state index contributed by atoms with van der Waals surface area (Å²) in [5.41, 5.74) is 0.222. The summed E-state index contributed by atoms with van der Waals surface area (Å²) >= 11 is 0. The molecule has 0 bridgehead atoms. The Labute approximate surface area is 108 Å². The normalized spacial score (nSPS) is 26.8. The molecule has 2 unspecified atom stereocenters. The largest absolute Gasteiger partial charge is 0.311 e. The molecule has 0 aromatic carbocycles. The van der Waals surface area contributed by atoms with E-state index in [0.29, 0.717) is 12.1 Å². The summed E-state index contributed by atoms with van der Waals surface area (Å²) < 4.78 is 0. The summed E-state index contributed by atoms with van der Waals surface area (Å²) in [7, 11) is 2.23. The summed E-state index contributed by atoms with van der Waals surface area (Å²) in [6, 6.07) is 1.29. The smallest absolute Gasteiger partial charge is 0.0198 e. The second-order valence-electron chi connectivity index (χ2n) is 6.68. The molecule has 1 heterocycles. The van der Waals surface area contributed by atoms with Crippen molar-refractivity contribution in [3.05, 3.63) is 0 Å². The molecule has 0 aliphatic carbocycles. The van der Waals surface area contributed by atoms with E-state index in [1.54, 1.807) is 0 Å². The van der Waals surface area contributed by atoms with Gasteiger partial charge in [0, 0.05) is 37.3 Å². The highest BCUT2D eigenvalue weighted by molar-refractivity contribution is 4.82. The minimum atomic E-state index is 0.222. The summed E-state index contributed by atoms with van der Waals surface area (Å²) in [5.74, 6) is 0. The molecule has 1 aliphatic heterocycles. The van der Waals surface area contributed by atoms with Crippen LogP contribution in [0, 0.1) is 0 Å². The molecule has 0 radical (unpaired) electrons. The van der Waals surface area contributed by atoms with E-state index in [-0.39, 0.29) is 5.54 Å². The van der Waals surface area contributed by atoms with Crippen LogP contribution in [0.15, 0.2) is 0 Å². The number of hydrogen-bond donors (Lipinski definition) is 1. The lowest BCUT2D eigenvalue weighted by molar-refractivity contribution is 0.144. The zero-order valence-corrected chi connectivity index (χ0v) is 12.6. The first-order chi connectivity index (χ1) is 7.79. The summed E-state index contributed by atoms with van der Waals surface area (Å²) in [6.07, 6.45) is 1.29. The van der Waals surface area contributed by atoms with E-state index in [1.165, 1.54) is 26.1 Å². The maximum atomic E-state index is 3.62. The minimum Gasteiger partial charge on any atom is -0.311 e. The molecule has 1 aliphatic rings. The average molecular weight is 241 g/mol. The second-order valence-corrected chi connectivity index (χ2v) is 6.68. The molecule has 1 fully saturated rings. The van der Waals surface area contributed by atoms with Gasteiger partial charge >= 0.3 is 0 Å². The van der Waals surface area contributed by atoms with Crippen molar-refractivity contribution in [3.8, 4) is 0 Å². The van der Waals surface area contributed by atoms with Crippen LogP contribution in [0.4, 0.5) is 0 Å². The van der Waals surface area contributed by atoms with Crippen LogP contribution in [0.2, 0.25) is 0 Å². The van der Waals surface area contributed by atoms with Gasteiger partial charge in [-0.15, -0.1) is 0 Å². The Morgan fingerprint density at radius 3 is 2.53 bits per heavy atom. The van der Waals surface area contributed by atoms with Crippen LogP contribution in [0.5, 0.6) is 0 Å². The predicted octanol–water partition coefficient (Wildman–Crippen LogP) is 1.79. The third-order valence-electron chi connectivity index (χ3n) is 3.59. The topological polar surface area (TPSA) is 18.5 Å². The molecule has 102 valence electrons. The lowest BCUT2D eigenvalue weighted by Crippen LogP contribution is -2.50. The van der Waals surface area contributed by atoms with Gasteiger partial charge in [0.15, 0.2) is 0 Å². The van der Waals surface area contributed by atoms with Crippen molar-refractivity contribution >= 4 is 0 Å². The first-order valence-electron chi connectivity index (χ1n) is 6.99. The highest BCUT2D eigenvalue weighted by atomic mass is 15.3. The standard InChI is InChI=1S/C14H31N3/c1-12(10-15-14(3,4)5)17-9-7-8-16(6)11-13(17)2/h12-13,15H,7-11H2,1-6H3. The maximum absolute atomic E-state index is 3.62. The van der Waals surface area contributed by atoms with E-state index in [9.17, 15) is 0 Å². The van der Waals surface area contributed by atoms with Gasteiger partial charge in [0.2, 0.25) is 0 Å². The van der Waals surface area contributed by atoms with Gasteiger partial charge in [-0.3, -0.25) is 4.90 Å². The fourth-order valence-electron chi connectivity index (χ4n) is 2.62. The SMILES string of the molecule is CC(CNC(C)(C)C)N1CCCN(C)CC1C. The Morgan fingerprint density at radius 2 is 1.94 bits per heavy atom. The first kappa shape index (κ1) is 14.9. The molecule has 3 heteroatoms. The molecule has 0 aromatic heterocycles. The van der Waals surface area contributed by atoms with Crippen LogP contribution in [0.25, 0.3) is 0 Å². The zero-order valence-electron chi connectivity index (χ0n) is 12.6. The van der Waals surface area contributed by atoms with E-state index in [4.69, 9.17) is 0 Å². The molecular formula is C14H31N3. The van der Waals surface area contributed by atoms with Crippen LogP contribution in [-0.4, -0.2) is 60.6 Å². The van der Waals surface area contributed by atoms with Gasteiger partial charge in [-0.2, -0.15) is 0 Å². The van der Waals surface area contributed by atoms with Gasteiger partial charge in [-0.1, -0.05) is 0 Å². The quantitative estimate of drug-likeness (QED) is 0.813. The Kier molecular flexibility index (Phi) is 5.42. The van der Waals surface area contributed by atoms with Crippen LogP contribution in [0.1, 0.15) is 41.0 Å². The van der Waals surface area contributed by atoms with Crippen molar-refractivity contribution in [2.24, 2.45) is 0 Å². The molecule has 0 aromatic rings. The summed E-state index contributed by atoms with van der Waals surface area (Å²) in [5, 5.41) is 3.62. The van der Waals surface area contributed by atoms with E-state index < -0.39 is 0 Å². The summed E-state index contributed by atoms with van der Waals surface area (Å²) in [6.45, 7) is 16.2. The van der Waals surface area contributed by atoms with Gasteiger partial charge in [0.1, 0.15) is 0 Å². The number of rotatable bonds is 3. The van der Waals surface area contributed by atoms with Gasteiger partial charge in [0.05, 0.1) is 0 Å². The van der Waals surface area contributed by atoms with Gasteiger partial charge in [-0.25, -0.2) is 0 Å². The van der Waals surface area contributed by atoms with E-state index in [0.717, 1.165) is 6.54 Å². The predicted molar refractivity (Wildman–Crippen MR) is 75.5 cm³/mol. The van der Waals surface area contributed by atoms with Crippen molar-refractivity contribution in [1.82, 2.24) is 15.1 Å². The lowest BCUT2D eigenvalue weighted by Gasteiger charge is -2.35. The van der Waals surface area contributed by atoms with Crippen molar-refractivity contribution in [1.29, 1.82) is 0 Å². The Morgan fingerprint density at radius 1 is 1.29 bits per heavy atom. The molecule has 0 saturated carbocycles. The molecule has 2 atom stereocenters. The van der Waals surface area contributed by atoms with Crippen LogP contribution < -0.4 is 5.32 Å². The van der Waals surface area contributed by atoms with Crippen LogP contribution >= 0.6 is 0 Å². The molecule has 1 rings (SSSR count). The zero-order chi connectivity index (χ0) is 13.1. The molecule has 0 spiro atoms. The highest BCUT2D eigenvalue weighted by Gasteiger charge is 2.24. The Balaban J connectivity index is 2.46. The third-order valence-corrected chi connectivity index (χ3v) is 3.59. The van der Waals surface area contributed by atoms with Crippen molar-refractivity contribution in [2.45, 2.75) is 58.7 Å². The molecule has 1 saturated heterocycles. The van der Waals surface area contributed by atoms with Crippen molar-refractivity contribution in [3.63, 3.8) is 0 Å². The Bertz CT molecular complexity index is 222. The van der Waals surface area contributed by atoms with Crippen molar-refractivity contribution in [2.75, 3.05) is 33.2 Å². The monoisotopic (exact) mass is 241 g/mol. The Hall–Kier alpha value is -0.120. The molecule has 17 heavy (non-hydrogen) atoms. The fraction of sp³-hybridized carbons (Fsp3) is 1.00. The molecule has 3 nitrogen and oxygen atoms in total. The molecule has 1 N–H and O–H groups in total. The lowest BCUT2D eigenvalue weighted by atomic mass is 10.1. The molecular weight excluding hydrogens is 210 g/mol. The number of likely N-dealkylation sites (N-methyl/N-ethyl adjacent to an activating group) is 1. The average Bonchev–Trinajstić information content (AvgIpc) is 2.34. The maximum Gasteiger partial charge on any atom is 0.0198 e. The van der Waals surface area contributed by atoms with E-state index in [2.05, 4.69) is 56.8 Å².